The topological polar surface area (TPSA) is 175 Å². The van der Waals surface area contributed by atoms with E-state index in [0.717, 1.165) is 148 Å². The predicted molar refractivity (Wildman–Crippen MR) is 384 cm³/mol. The first kappa shape index (κ1) is 84.8. The van der Waals surface area contributed by atoms with Crippen LogP contribution in [-0.4, -0.2) is 99.6 Å². The molecule has 8 unspecified atom stereocenters. The zero-order valence-electron chi connectivity index (χ0n) is 57.9. The van der Waals surface area contributed by atoms with Crippen LogP contribution in [0, 0.1) is 0 Å². The summed E-state index contributed by atoms with van der Waals surface area (Å²) in [4.78, 5) is 26.7. The largest absolute Gasteiger partial charge is 0.454 e. The van der Waals surface area contributed by atoms with Gasteiger partial charge in [0.25, 0.3) is 0 Å². The molecule has 0 bridgehead atoms. The van der Waals surface area contributed by atoms with Gasteiger partial charge in [0, 0.05) is 6.42 Å². The molecule has 0 aromatic carbocycles. The van der Waals surface area contributed by atoms with Crippen LogP contribution in [0.5, 0.6) is 0 Å². The lowest BCUT2D eigenvalue weighted by atomic mass is 9.99. The SMILES string of the molecule is CC/C=C\C/C=C\C/C=C\C/C=C\C/C=C\C/C=C\CCCCCCCC(O)C(=O)NC(COC1OC(CO)C(O)C(O)C1OC(=O)CCCCCCCCCCC/C=C\C/C=C\C/C=C\C/C=C\CCCCC)C(O)/C=C/CCCCCCCCCCCCC. The molecule has 1 heterocycles. The lowest BCUT2D eigenvalue weighted by molar-refractivity contribution is -0.305. The van der Waals surface area contributed by atoms with E-state index < -0.39 is 67.4 Å². The third kappa shape index (κ3) is 52.8. The molecule has 0 spiro atoms. The van der Waals surface area contributed by atoms with E-state index in [0.29, 0.717) is 12.8 Å². The Morgan fingerprint density at radius 1 is 0.440 bits per heavy atom. The van der Waals surface area contributed by atoms with Gasteiger partial charge in [0.15, 0.2) is 12.4 Å². The number of amides is 1. The summed E-state index contributed by atoms with van der Waals surface area (Å²) in [5, 5.41) is 57.3. The highest BCUT2D eigenvalue weighted by molar-refractivity contribution is 5.80. The van der Waals surface area contributed by atoms with Gasteiger partial charge in [-0.2, -0.15) is 0 Å². The molecule has 1 aliphatic rings. The zero-order valence-corrected chi connectivity index (χ0v) is 57.9. The normalized spacial score (nSPS) is 18.8. The van der Waals surface area contributed by atoms with E-state index in [1.54, 1.807) is 6.08 Å². The Kier molecular flexibility index (Phi) is 61.4. The summed E-state index contributed by atoms with van der Waals surface area (Å²) in [7, 11) is 0. The maximum Gasteiger partial charge on any atom is 0.306 e. The number of aliphatic hydroxyl groups excluding tert-OH is 5. The van der Waals surface area contributed by atoms with E-state index in [1.165, 1.54) is 103 Å². The second kappa shape index (κ2) is 65.8. The highest BCUT2D eigenvalue weighted by atomic mass is 16.7. The van der Waals surface area contributed by atoms with Crippen LogP contribution in [0.15, 0.2) is 134 Å². The number of ether oxygens (including phenoxy) is 3. The van der Waals surface area contributed by atoms with Crippen LogP contribution in [-0.2, 0) is 23.8 Å². The summed E-state index contributed by atoms with van der Waals surface area (Å²) < 4.78 is 17.7. The van der Waals surface area contributed by atoms with Crippen molar-refractivity contribution in [3.63, 3.8) is 0 Å². The lowest BCUT2D eigenvalue weighted by Gasteiger charge is -2.41. The monoisotopic (exact) mass is 1270 g/mol. The average molecular weight is 1270 g/mol. The van der Waals surface area contributed by atoms with Crippen LogP contribution in [0.1, 0.15) is 297 Å². The fourth-order valence-electron chi connectivity index (χ4n) is 10.8. The third-order valence-corrected chi connectivity index (χ3v) is 16.5. The van der Waals surface area contributed by atoms with Crippen molar-refractivity contribution in [2.45, 2.75) is 346 Å². The molecule has 11 nitrogen and oxygen atoms in total. The molecule has 8 atom stereocenters. The molecule has 1 amide bonds. The molecular formula is C80H135NO10. The molecule has 0 aromatic heterocycles. The summed E-state index contributed by atoms with van der Waals surface area (Å²) in [5.41, 5.74) is 0. The molecule has 0 aromatic rings. The van der Waals surface area contributed by atoms with Crippen LogP contribution in [0.2, 0.25) is 0 Å². The molecule has 520 valence electrons. The van der Waals surface area contributed by atoms with Gasteiger partial charge in [0.05, 0.1) is 25.4 Å². The minimum atomic E-state index is -1.63. The molecule has 1 aliphatic heterocycles. The Bertz CT molecular complexity index is 2000. The number of aliphatic hydroxyl groups is 5. The Morgan fingerprint density at radius 3 is 1.21 bits per heavy atom. The number of carbonyl (C=O) groups excluding carboxylic acids is 2. The number of allylic oxidation sites excluding steroid dienone is 21. The molecular weight excluding hydrogens is 1130 g/mol. The van der Waals surface area contributed by atoms with Gasteiger partial charge in [0.1, 0.15) is 24.4 Å². The van der Waals surface area contributed by atoms with Gasteiger partial charge in [-0.1, -0.05) is 302 Å². The van der Waals surface area contributed by atoms with E-state index >= 15 is 0 Å². The van der Waals surface area contributed by atoms with Crippen molar-refractivity contribution >= 4 is 11.9 Å². The quantitative estimate of drug-likeness (QED) is 0.0195. The summed E-state index contributed by atoms with van der Waals surface area (Å²) in [6.07, 6.45) is 83.3. The zero-order chi connectivity index (χ0) is 66.0. The first-order valence-corrected chi connectivity index (χ1v) is 37.0. The van der Waals surface area contributed by atoms with Crippen LogP contribution < -0.4 is 5.32 Å². The summed E-state index contributed by atoms with van der Waals surface area (Å²) in [5.74, 6) is -1.22. The fraction of sp³-hybridized carbons (Fsp3) is 0.700. The van der Waals surface area contributed by atoms with E-state index in [9.17, 15) is 35.1 Å². The maximum absolute atomic E-state index is 13.5. The van der Waals surface area contributed by atoms with Crippen molar-refractivity contribution in [3.05, 3.63) is 134 Å². The van der Waals surface area contributed by atoms with Crippen LogP contribution >= 0.6 is 0 Å². The van der Waals surface area contributed by atoms with Crippen LogP contribution in [0.25, 0.3) is 0 Å². The average Bonchev–Trinajstić information content (AvgIpc) is 1.00. The van der Waals surface area contributed by atoms with Gasteiger partial charge in [-0.3, -0.25) is 9.59 Å². The van der Waals surface area contributed by atoms with Gasteiger partial charge in [-0.15, -0.1) is 0 Å². The van der Waals surface area contributed by atoms with E-state index in [1.807, 2.05) is 6.08 Å². The molecule has 11 heteroatoms. The van der Waals surface area contributed by atoms with Gasteiger partial charge in [-0.05, 0) is 122 Å². The number of rotatable bonds is 62. The second-order valence-electron chi connectivity index (χ2n) is 24.9. The number of esters is 1. The molecule has 0 radical (unpaired) electrons. The minimum absolute atomic E-state index is 0.108. The summed E-state index contributed by atoms with van der Waals surface area (Å²) >= 11 is 0. The molecule has 0 saturated carbocycles. The van der Waals surface area contributed by atoms with Gasteiger partial charge in [0.2, 0.25) is 5.91 Å². The maximum atomic E-state index is 13.5. The second-order valence-corrected chi connectivity index (χ2v) is 24.9. The molecule has 1 fully saturated rings. The fourth-order valence-corrected chi connectivity index (χ4v) is 10.8. The van der Waals surface area contributed by atoms with Crippen molar-refractivity contribution in [2.24, 2.45) is 0 Å². The molecule has 6 N–H and O–H groups in total. The Balaban J connectivity index is 2.60. The first-order valence-electron chi connectivity index (χ1n) is 37.0. The molecule has 1 rings (SSSR count). The Hall–Kier alpha value is -4.20. The Morgan fingerprint density at radius 2 is 0.791 bits per heavy atom. The number of carbonyl (C=O) groups is 2. The standard InChI is InChI=1S/C80H135NO10/c1-4-7-10-13-16-19-22-25-27-29-31-33-35-37-39-41-43-45-47-50-53-56-59-62-65-68-75(85)91-78-77(87)76(86)74(69-82)90-80(78)89-70-71(72(83)66-63-60-57-54-51-48-24-21-18-15-12-9-6-3)81-79(88)73(84)67-64-61-58-55-52-49-46-44-42-40-38-36-34-32-30-28-26-23-20-17-14-11-8-5-2/h8,11,16-17,19-20,25-28,31-34,37-40,44,46,63,66,71-74,76-78,80,82-84,86-87H,4-7,9-10,12-15,18,21-24,29-30,35-36,41-43,45,47-62,64-65,67-70H2,1-3H3,(H,81,88)/b11-8-,19-16-,20-17-,27-25-,28-26-,33-31-,34-32-,39-37-,40-38-,46-44-,66-63+. The van der Waals surface area contributed by atoms with E-state index in [4.69, 9.17) is 14.2 Å². The van der Waals surface area contributed by atoms with Crippen molar-refractivity contribution in [2.75, 3.05) is 13.2 Å². The van der Waals surface area contributed by atoms with Crippen molar-refractivity contribution in [1.82, 2.24) is 5.32 Å². The smallest absolute Gasteiger partial charge is 0.306 e. The lowest BCUT2D eigenvalue weighted by Crippen LogP contribution is -2.61. The summed E-state index contributed by atoms with van der Waals surface area (Å²) in [6.45, 7) is 5.66. The number of hydrogen-bond acceptors (Lipinski definition) is 10. The van der Waals surface area contributed by atoms with E-state index in [2.05, 4.69) is 148 Å². The number of unbranched alkanes of at least 4 members (excludes halogenated alkanes) is 28. The molecule has 91 heavy (non-hydrogen) atoms. The van der Waals surface area contributed by atoms with Gasteiger partial charge < -0.3 is 45.1 Å². The Labute approximate surface area is 556 Å². The molecule has 1 saturated heterocycles. The highest BCUT2D eigenvalue weighted by Crippen LogP contribution is 2.26. The predicted octanol–water partition coefficient (Wildman–Crippen LogP) is 19.5. The van der Waals surface area contributed by atoms with Crippen LogP contribution in [0.3, 0.4) is 0 Å². The van der Waals surface area contributed by atoms with Crippen LogP contribution in [0.4, 0.5) is 0 Å². The van der Waals surface area contributed by atoms with Crippen molar-refractivity contribution in [3.8, 4) is 0 Å². The minimum Gasteiger partial charge on any atom is -0.454 e. The summed E-state index contributed by atoms with van der Waals surface area (Å²) in [6, 6.07) is -1.04. The van der Waals surface area contributed by atoms with Gasteiger partial charge in [-0.25, -0.2) is 0 Å². The number of hydrogen-bond donors (Lipinski definition) is 6. The molecule has 0 aliphatic carbocycles. The van der Waals surface area contributed by atoms with E-state index in [-0.39, 0.29) is 19.4 Å². The van der Waals surface area contributed by atoms with Crippen molar-refractivity contribution in [1.29, 1.82) is 0 Å². The highest BCUT2D eigenvalue weighted by Gasteiger charge is 2.47. The van der Waals surface area contributed by atoms with Crippen molar-refractivity contribution < 1.29 is 49.3 Å². The third-order valence-electron chi connectivity index (χ3n) is 16.5. The first-order chi connectivity index (χ1) is 44.7. The number of nitrogens with one attached hydrogen (secondary N) is 1. The van der Waals surface area contributed by atoms with Gasteiger partial charge >= 0.3 is 5.97 Å².